The summed E-state index contributed by atoms with van der Waals surface area (Å²) >= 11 is 0. The molecule has 0 spiro atoms. The Bertz CT molecular complexity index is 537. The minimum atomic E-state index is -1.15. The second-order valence-corrected chi connectivity index (χ2v) is 3.94. The summed E-state index contributed by atoms with van der Waals surface area (Å²) in [5.41, 5.74) is 0.961. The molecule has 0 amide bonds. The highest BCUT2D eigenvalue weighted by Crippen LogP contribution is 2.25. The normalized spacial score (nSPS) is 12.5. The van der Waals surface area contributed by atoms with Gasteiger partial charge in [-0.3, -0.25) is 0 Å². The molecule has 0 radical (unpaired) electrons. The lowest BCUT2D eigenvalue weighted by Crippen LogP contribution is -2.04. The van der Waals surface area contributed by atoms with Gasteiger partial charge in [-0.25, -0.2) is 8.78 Å². The van der Waals surface area contributed by atoms with Gasteiger partial charge in [0.25, 0.3) is 0 Å². The fraction of sp³-hybridized carbons (Fsp3) is 0.143. The largest absolute Gasteiger partial charge is 0.384 e. The topological polar surface area (TPSA) is 20.2 Å². The van der Waals surface area contributed by atoms with E-state index >= 15 is 0 Å². The van der Waals surface area contributed by atoms with Crippen LogP contribution in [0, 0.1) is 18.6 Å². The highest BCUT2D eigenvalue weighted by atomic mass is 19.1. The molecule has 0 aliphatic heterocycles. The molecule has 3 heteroatoms. The average Bonchev–Trinajstić information content (AvgIpc) is 2.32. The summed E-state index contributed by atoms with van der Waals surface area (Å²) in [6.07, 6.45) is -1.15. The monoisotopic (exact) mass is 234 g/mol. The van der Waals surface area contributed by atoms with E-state index in [4.69, 9.17) is 0 Å². The molecule has 0 heterocycles. The van der Waals surface area contributed by atoms with Crippen LogP contribution in [0.3, 0.4) is 0 Å². The summed E-state index contributed by atoms with van der Waals surface area (Å²) in [7, 11) is 0. The van der Waals surface area contributed by atoms with Crippen molar-refractivity contribution >= 4 is 0 Å². The molecule has 1 N–H and O–H groups in total. The Kier molecular flexibility index (Phi) is 3.20. The summed E-state index contributed by atoms with van der Waals surface area (Å²) < 4.78 is 26.8. The predicted octanol–water partition coefficient (Wildman–Crippen LogP) is 3.35. The minimum Gasteiger partial charge on any atom is -0.384 e. The first-order valence-electron chi connectivity index (χ1n) is 5.28. The van der Waals surface area contributed by atoms with Crippen molar-refractivity contribution in [3.05, 3.63) is 70.8 Å². The van der Waals surface area contributed by atoms with Crippen molar-refractivity contribution in [2.45, 2.75) is 13.0 Å². The van der Waals surface area contributed by atoms with Crippen LogP contribution in [-0.4, -0.2) is 5.11 Å². The maximum atomic E-state index is 13.8. The molecule has 88 valence electrons. The van der Waals surface area contributed by atoms with Crippen molar-refractivity contribution < 1.29 is 13.9 Å². The average molecular weight is 234 g/mol. The number of aliphatic hydroxyl groups excluding tert-OH is 1. The maximum absolute atomic E-state index is 13.8. The molecule has 2 rings (SSSR count). The number of aliphatic hydroxyl groups is 1. The van der Waals surface area contributed by atoms with Crippen LogP contribution in [0.1, 0.15) is 22.8 Å². The number of benzene rings is 2. The Labute approximate surface area is 98.3 Å². The molecule has 0 aromatic heterocycles. The fourth-order valence-corrected chi connectivity index (χ4v) is 1.74. The number of rotatable bonds is 2. The molecule has 0 aliphatic carbocycles. The van der Waals surface area contributed by atoms with E-state index in [9.17, 15) is 13.9 Å². The van der Waals surface area contributed by atoms with E-state index in [-0.39, 0.29) is 5.56 Å². The van der Waals surface area contributed by atoms with Gasteiger partial charge in [-0.2, -0.15) is 0 Å². The van der Waals surface area contributed by atoms with Gasteiger partial charge < -0.3 is 5.11 Å². The zero-order valence-corrected chi connectivity index (χ0v) is 9.32. The van der Waals surface area contributed by atoms with Gasteiger partial charge in [0.05, 0.1) is 0 Å². The lowest BCUT2D eigenvalue weighted by molar-refractivity contribution is 0.214. The summed E-state index contributed by atoms with van der Waals surface area (Å²) in [6.45, 7) is 1.62. The molecule has 0 saturated heterocycles. The third kappa shape index (κ3) is 2.34. The lowest BCUT2D eigenvalue weighted by Gasteiger charge is -2.13. The Morgan fingerprint density at radius 3 is 2.47 bits per heavy atom. The molecule has 17 heavy (non-hydrogen) atoms. The van der Waals surface area contributed by atoms with Crippen LogP contribution in [0.25, 0.3) is 0 Å². The van der Waals surface area contributed by atoms with Crippen LogP contribution in [0.15, 0.2) is 42.5 Å². The Morgan fingerprint density at radius 2 is 1.76 bits per heavy atom. The third-order valence-corrected chi connectivity index (χ3v) is 2.68. The van der Waals surface area contributed by atoms with Gasteiger partial charge in [0.15, 0.2) is 0 Å². The number of hydrogen-bond donors (Lipinski definition) is 1. The summed E-state index contributed by atoms with van der Waals surface area (Å²) in [5, 5.41) is 10.0. The van der Waals surface area contributed by atoms with Gasteiger partial charge in [0, 0.05) is 5.56 Å². The summed E-state index contributed by atoms with van der Waals surface area (Å²) in [5.74, 6) is -0.904. The zero-order valence-electron chi connectivity index (χ0n) is 9.32. The first kappa shape index (κ1) is 11.7. The van der Waals surface area contributed by atoms with Crippen molar-refractivity contribution in [1.29, 1.82) is 0 Å². The van der Waals surface area contributed by atoms with E-state index in [2.05, 4.69) is 0 Å². The minimum absolute atomic E-state index is 0.163. The maximum Gasteiger partial charge on any atom is 0.132 e. The van der Waals surface area contributed by atoms with Crippen molar-refractivity contribution in [2.24, 2.45) is 0 Å². The molecule has 2 aromatic carbocycles. The third-order valence-electron chi connectivity index (χ3n) is 2.68. The van der Waals surface area contributed by atoms with E-state index in [0.29, 0.717) is 11.1 Å². The zero-order chi connectivity index (χ0) is 12.4. The van der Waals surface area contributed by atoms with E-state index in [1.165, 1.54) is 24.3 Å². The Morgan fingerprint density at radius 1 is 1.06 bits per heavy atom. The molecule has 1 nitrogen and oxygen atoms in total. The van der Waals surface area contributed by atoms with Crippen LogP contribution in [0.2, 0.25) is 0 Å². The molecule has 0 saturated carbocycles. The predicted molar refractivity (Wildman–Crippen MR) is 61.6 cm³/mol. The molecule has 0 aliphatic rings. The SMILES string of the molecule is Cc1cccc(C(O)c2cccc(F)c2)c1F. The van der Waals surface area contributed by atoms with Gasteiger partial charge >= 0.3 is 0 Å². The van der Waals surface area contributed by atoms with Gasteiger partial charge in [0.1, 0.15) is 17.7 Å². The van der Waals surface area contributed by atoms with Crippen molar-refractivity contribution in [2.75, 3.05) is 0 Å². The second-order valence-electron chi connectivity index (χ2n) is 3.94. The Balaban J connectivity index is 2.44. The fourth-order valence-electron chi connectivity index (χ4n) is 1.74. The molecule has 0 bridgehead atoms. The van der Waals surface area contributed by atoms with Crippen molar-refractivity contribution in [3.8, 4) is 0 Å². The van der Waals surface area contributed by atoms with Crippen LogP contribution < -0.4 is 0 Å². The number of hydrogen-bond acceptors (Lipinski definition) is 1. The van der Waals surface area contributed by atoms with E-state index in [1.54, 1.807) is 25.1 Å². The van der Waals surface area contributed by atoms with Crippen molar-refractivity contribution in [1.82, 2.24) is 0 Å². The summed E-state index contributed by atoms with van der Waals surface area (Å²) in [4.78, 5) is 0. The molecular weight excluding hydrogens is 222 g/mol. The number of aryl methyl sites for hydroxylation is 1. The van der Waals surface area contributed by atoms with Crippen LogP contribution in [-0.2, 0) is 0 Å². The highest BCUT2D eigenvalue weighted by Gasteiger charge is 2.16. The van der Waals surface area contributed by atoms with Crippen LogP contribution in [0.4, 0.5) is 8.78 Å². The molecule has 1 atom stereocenters. The quantitative estimate of drug-likeness (QED) is 0.844. The van der Waals surface area contributed by atoms with Gasteiger partial charge in [-0.1, -0.05) is 30.3 Å². The molecular formula is C14H12F2O. The summed E-state index contributed by atoms with van der Waals surface area (Å²) in [6, 6.07) is 10.3. The Hall–Kier alpha value is -1.74. The molecule has 1 unspecified atom stereocenters. The first-order chi connectivity index (χ1) is 8.09. The molecule has 2 aromatic rings. The highest BCUT2D eigenvalue weighted by molar-refractivity contribution is 5.33. The van der Waals surface area contributed by atoms with E-state index < -0.39 is 17.7 Å². The number of halogens is 2. The molecule has 0 fully saturated rings. The van der Waals surface area contributed by atoms with Gasteiger partial charge in [-0.05, 0) is 30.2 Å². The van der Waals surface area contributed by atoms with Gasteiger partial charge in [0.2, 0.25) is 0 Å². The van der Waals surface area contributed by atoms with E-state index in [0.717, 1.165) is 0 Å². The van der Waals surface area contributed by atoms with Crippen LogP contribution >= 0.6 is 0 Å². The standard InChI is InChI=1S/C14H12F2O/c1-9-4-2-7-12(13(9)16)14(17)10-5-3-6-11(15)8-10/h2-8,14,17H,1H3. The van der Waals surface area contributed by atoms with Crippen LogP contribution in [0.5, 0.6) is 0 Å². The second kappa shape index (κ2) is 4.63. The van der Waals surface area contributed by atoms with Gasteiger partial charge in [-0.15, -0.1) is 0 Å². The van der Waals surface area contributed by atoms with Crippen molar-refractivity contribution in [3.63, 3.8) is 0 Å². The lowest BCUT2D eigenvalue weighted by atomic mass is 9.99. The van der Waals surface area contributed by atoms with E-state index in [1.807, 2.05) is 0 Å². The first-order valence-corrected chi connectivity index (χ1v) is 5.28. The smallest absolute Gasteiger partial charge is 0.132 e.